The third kappa shape index (κ3) is 3.75. The van der Waals surface area contributed by atoms with Crippen molar-refractivity contribution in [1.29, 1.82) is 0 Å². The van der Waals surface area contributed by atoms with Gasteiger partial charge in [-0.1, -0.05) is 6.07 Å². The van der Waals surface area contributed by atoms with E-state index in [1.165, 1.54) is 12.1 Å². The van der Waals surface area contributed by atoms with Crippen LogP contribution in [0.25, 0.3) is 0 Å². The Morgan fingerprint density at radius 2 is 2.26 bits per heavy atom. The molecule has 0 spiro atoms. The zero-order valence-electron chi connectivity index (χ0n) is 10.2. The van der Waals surface area contributed by atoms with E-state index in [1.54, 1.807) is 24.7 Å². The predicted octanol–water partition coefficient (Wildman–Crippen LogP) is 1.78. The molecule has 0 aliphatic carbocycles. The van der Waals surface area contributed by atoms with E-state index < -0.39 is 16.8 Å². The molecule has 0 saturated heterocycles. The van der Waals surface area contributed by atoms with E-state index in [0.29, 0.717) is 10.6 Å². The molecule has 0 bridgehead atoms. The van der Waals surface area contributed by atoms with Crippen LogP contribution in [0.5, 0.6) is 0 Å². The largest absolute Gasteiger partial charge is 0.478 e. The normalized spacial score (nSPS) is 12.2. The molecule has 1 unspecified atom stereocenters. The second kappa shape index (κ2) is 6.29. The second-order valence-corrected chi connectivity index (χ2v) is 5.61. The van der Waals surface area contributed by atoms with Crippen molar-refractivity contribution in [3.8, 4) is 0 Å². The highest BCUT2D eigenvalue weighted by Crippen LogP contribution is 2.11. The fraction of sp³-hybridized carbons (Fsp3) is 0.231. The quantitative estimate of drug-likeness (QED) is 0.874. The molecule has 0 aliphatic rings. The molecule has 100 valence electrons. The highest BCUT2D eigenvalue weighted by molar-refractivity contribution is 7.85. The van der Waals surface area contributed by atoms with Crippen LogP contribution in [0.4, 0.5) is 0 Å². The summed E-state index contributed by atoms with van der Waals surface area (Å²) in [4.78, 5) is 15.3. The molecular weight excluding hydrogens is 264 g/mol. The minimum atomic E-state index is -1.17. The van der Waals surface area contributed by atoms with Gasteiger partial charge in [0.15, 0.2) is 0 Å². The molecule has 1 N–H and O–H groups in total. The molecule has 0 fully saturated rings. The molecule has 5 nitrogen and oxygen atoms in total. The van der Waals surface area contributed by atoms with Crippen LogP contribution < -0.4 is 0 Å². The lowest BCUT2D eigenvalue weighted by atomic mass is 10.2. The number of aromatic carboxylic acids is 1. The monoisotopic (exact) mass is 278 g/mol. The lowest BCUT2D eigenvalue weighted by Gasteiger charge is -2.04. The van der Waals surface area contributed by atoms with Gasteiger partial charge in [0.2, 0.25) is 0 Å². The van der Waals surface area contributed by atoms with Crippen LogP contribution in [-0.2, 0) is 17.3 Å². The minimum Gasteiger partial charge on any atom is -0.478 e. The van der Waals surface area contributed by atoms with Crippen LogP contribution in [0.2, 0.25) is 0 Å². The summed E-state index contributed by atoms with van der Waals surface area (Å²) in [6.07, 6.45) is 6.02. The Morgan fingerprint density at radius 1 is 1.42 bits per heavy atom. The highest BCUT2D eigenvalue weighted by Gasteiger charge is 2.08. The molecule has 0 radical (unpaired) electrons. The Hall–Kier alpha value is -1.95. The number of benzene rings is 1. The number of hydrogen-bond donors (Lipinski definition) is 1. The fourth-order valence-electron chi connectivity index (χ4n) is 1.69. The first-order valence-corrected chi connectivity index (χ1v) is 7.16. The zero-order chi connectivity index (χ0) is 13.7. The highest BCUT2D eigenvalue weighted by atomic mass is 32.2. The topological polar surface area (TPSA) is 72.2 Å². The maximum Gasteiger partial charge on any atom is 0.335 e. The maximum atomic E-state index is 12.0. The molecule has 1 heterocycles. The van der Waals surface area contributed by atoms with Crippen molar-refractivity contribution in [2.75, 3.05) is 5.75 Å². The van der Waals surface area contributed by atoms with E-state index in [2.05, 4.69) is 4.98 Å². The number of hydrogen-bond acceptors (Lipinski definition) is 3. The van der Waals surface area contributed by atoms with Crippen LogP contribution >= 0.6 is 0 Å². The molecule has 1 aromatic heterocycles. The molecular formula is C13H14N2O3S. The molecule has 19 heavy (non-hydrogen) atoms. The first kappa shape index (κ1) is 13.5. The van der Waals surface area contributed by atoms with Crippen LogP contribution in [0.3, 0.4) is 0 Å². The van der Waals surface area contributed by atoms with E-state index in [0.717, 1.165) is 13.0 Å². The molecule has 6 heteroatoms. The Labute approximate surface area is 113 Å². The lowest BCUT2D eigenvalue weighted by Crippen LogP contribution is -2.04. The second-order valence-electron chi connectivity index (χ2n) is 4.04. The van der Waals surface area contributed by atoms with Gasteiger partial charge in [-0.05, 0) is 24.6 Å². The van der Waals surface area contributed by atoms with Crippen molar-refractivity contribution >= 4 is 16.8 Å². The molecule has 2 rings (SSSR count). The number of imidazole rings is 1. The van der Waals surface area contributed by atoms with Crippen molar-refractivity contribution in [1.82, 2.24) is 9.55 Å². The van der Waals surface area contributed by atoms with Gasteiger partial charge in [-0.3, -0.25) is 4.21 Å². The molecule has 1 aromatic carbocycles. The molecule has 0 amide bonds. The van der Waals surface area contributed by atoms with Crippen LogP contribution in [-0.4, -0.2) is 30.6 Å². The third-order valence-corrected chi connectivity index (χ3v) is 4.09. The van der Waals surface area contributed by atoms with Gasteiger partial charge in [-0.25, -0.2) is 9.78 Å². The van der Waals surface area contributed by atoms with Gasteiger partial charge in [-0.15, -0.1) is 0 Å². The Bertz CT molecular complexity index is 581. The summed E-state index contributed by atoms with van der Waals surface area (Å²) < 4.78 is 14.0. The van der Waals surface area contributed by atoms with E-state index in [1.807, 2.05) is 10.8 Å². The maximum absolute atomic E-state index is 12.0. The molecule has 1 atom stereocenters. The lowest BCUT2D eigenvalue weighted by molar-refractivity contribution is 0.0696. The summed E-state index contributed by atoms with van der Waals surface area (Å²) in [7, 11) is -1.17. The van der Waals surface area contributed by atoms with E-state index >= 15 is 0 Å². The number of aryl methyl sites for hydroxylation is 1. The van der Waals surface area contributed by atoms with Gasteiger partial charge in [0.25, 0.3) is 0 Å². The number of carboxylic acids is 1. The number of carbonyl (C=O) groups is 1. The summed E-state index contributed by atoms with van der Waals surface area (Å²) in [5.41, 5.74) is 0.167. The number of rotatable bonds is 6. The molecule has 0 saturated carbocycles. The summed E-state index contributed by atoms with van der Waals surface area (Å²) in [5.74, 6) is -0.501. The van der Waals surface area contributed by atoms with Crippen molar-refractivity contribution < 1.29 is 14.1 Å². The molecule has 2 aromatic rings. The van der Waals surface area contributed by atoms with Crippen LogP contribution in [0, 0.1) is 0 Å². The third-order valence-electron chi connectivity index (χ3n) is 2.65. The van der Waals surface area contributed by atoms with Gasteiger partial charge in [0.1, 0.15) is 0 Å². The van der Waals surface area contributed by atoms with Crippen molar-refractivity contribution in [2.45, 2.75) is 17.9 Å². The average Bonchev–Trinajstić information content (AvgIpc) is 2.92. The van der Waals surface area contributed by atoms with E-state index in [-0.39, 0.29) is 5.56 Å². The standard InChI is InChI=1S/C13H14N2O3S/c16-13(17)11-3-1-4-12(9-11)19(18)8-2-6-15-7-5-14-10-15/h1,3-5,7,9-10H,2,6,8H2,(H,16,17). The smallest absolute Gasteiger partial charge is 0.335 e. The number of carboxylic acid groups (broad SMARTS) is 1. The SMILES string of the molecule is O=C(O)c1cccc(S(=O)CCCn2ccnc2)c1. The van der Waals surface area contributed by atoms with Crippen LogP contribution in [0.1, 0.15) is 16.8 Å². The zero-order valence-corrected chi connectivity index (χ0v) is 11.0. The summed E-state index contributed by atoms with van der Waals surface area (Å²) in [5, 5.41) is 8.88. The summed E-state index contributed by atoms with van der Waals surface area (Å²) in [6.45, 7) is 0.754. The average molecular weight is 278 g/mol. The summed E-state index contributed by atoms with van der Waals surface area (Å²) in [6, 6.07) is 6.27. The minimum absolute atomic E-state index is 0.167. The van der Waals surface area contributed by atoms with E-state index in [9.17, 15) is 9.00 Å². The van der Waals surface area contributed by atoms with Gasteiger partial charge in [-0.2, -0.15) is 0 Å². The van der Waals surface area contributed by atoms with Gasteiger partial charge in [0.05, 0.1) is 22.7 Å². The van der Waals surface area contributed by atoms with Crippen molar-refractivity contribution in [3.63, 3.8) is 0 Å². The fourth-order valence-corrected chi connectivity index (χ4v) is 2.80. The van der Waals surface area contributed by atoms with Crippen molar-refractivity contribution in [3.05, 3.63) is 48.5 Å². The van der Waals surface area contributed by atoms with E-state index in [4.69, 9.17) is 5.11 Å². The first-order valence-electron chi connectivity index (χ1n) is 5.84. The predicted molar refractivity (Wildman–Crippen MR) is 71.5 cm³/mol. The Kier molecular flexibility index (Phi) is 4.46. The van der Waals surface area contributed by atoms with Crippen LogP contribution in [0.15, 0.2) is 47.9 Å². The van der Waals surface area contributed by atoms with Gasteiger partial charge in [0, 0.05) is 29.6 Å². The Balaban J connectivity index is 1.92. The molecule has 0 aliphatic heterocycles. The Morgan fingerprint density at radius 3 is 2.95 bits per heavy atom. The number of aromatic nitrogens is 2. The summed E-state index contributed by atoms with van der Waals surface area (Å²) >= 11 is 0. The van der Waals surface area contributed by atoms with Crippen molar-refractivity contribution in [2.24, 2.45) is 0 Å². The number of nitrogens with zero attached hydrogens (tertiary/aromatic N) is 2. The first-order chi connectivity index (χ1) is 9.16. The van der Waals surface area contributed by atoms with Gasteiger partial charge < -0.3 is 9.67 Å². The van der Waals surface area contributed by atoms with Gasteiger partial charge >= 0.3 is 5.97 Å².